The van der Waals surface area contributed by atoms with Gasteiger partial charge in [0.05, 0.1) is 5.75 Å². The summed E-state index contributed by atoms with van der Waals surface area (Å²) in [4.78, 5) is 21.6. The highest BCUT2D eigenvalue weighted by molar-refractivity contribution is 8.00. The number of amides is 1. The standard InChI is InChI=1S/C12H12F3NO3S/c13-12(14,15)20-7-10(17)16-9-4-1-8(2-5-9)3-6-11(18)19/h1-2,4-5H,3,6-7H2,(H,16,17)(H,18,19). The van der Waals surface area contributed by atoms with Crippen molar-refractivity contribution in [3.8, 4) is 0 Å². The molecule has 20 heavy (non-hydrogen) atoms. The molecule has 2 N–H and O–H groups in total. The molecule has 1 amide bonds. The highest BCUT2D eigenvalue weighted by atomic mass is 32.2. The van der Waals surface area contributed by atoms with Gasteiger partial charge in [-0.15, -0.1) is 0 Å². The summed E-state index contributed by atoms with van der Waals surface area (Å²) in [5.41, 5.74) is -3.29. The maximum Gasteiger partial charge on any atom is 0.442 e. The van der Waals surface area contributed by atoms with Crippen molar-refractivity contribution < 1.29 is 27.9 Å². The lowest BCUT2D eigenvalue weighted by atomic mass is 10.1. The summed E-state index contributed by atoms with van der Waals surface area (Å²) in [6.07, 6.45) is 0.349. The number of alkyl halides is 3. The Labute approximate surface area is 117 Å². The number of carboxylic acid groups (broad SMARTS) is 1. The largest absolute Gasteiger partial charge is 0.481 e. The summed E-state index contributed by atoms with van der Waals surface area (Å²) < 4.78 is 35.7. The normalized spacial score (nSPS) is 11.2. The molecule has 0 bridgehead atoms. The molecule has 0 heterocycles. The van der Waals surface area contributed by atoms with E-state index in [4.69, 9.17) is 5.11 Å². The number of benzene rings is 1. The third kappa shape index (κ3) is 7.03. The van der Waals surface area contributed by atoms with Crippen LogP contribution >= 0.6 is 11.8 Å². The van der Waals surface area contributed by atoms with Crippen LogP contribution in [0.2, 0.25) is 0 Å². The third-order valence-corrected chi connectivity index (χ3v) is 2.97. The van der Waals surface area contributed by atoms with Crippen molar-refractivity contribution in [2.45, 2.75) is 18.3 Å². The molecule has 1 rings (SSSR count). The van der Waals surface area contributed by atoms with E-state index in [1.54, 1.807) is 12.1 Å². The van der Waals surface area contributed by atoms with Gasteiger partial charge in [-0.2, -0.15) is 13.2 Å². The molecule has 0 spiro atoms. The fourth-order valence-electron chi connectivity index (χ4n) is 1.35. The maximum absolute atomic E-state index is 11.9. The van der Waals surface area contributed by atoms with Gasteiger partial charge in [0, 0.05) is 12.1 Å². The smallest absolute Gasteiger partial charge is 0.442 e. The van der Waals surface area contributed by atoms with Gasteiger partial charge in [-0.3, -0.25) is 9.59 Å². The molecule has 8 heteroatoms. The van der Waals surface area contributed by atoms with E-state index in [0.717, 1.165) is 5.56 Å². The van der Waals surface area contributed by atoms with Crippen LogP contribution in [0.15, 0.2) is 24.3 Å². The van der Waals surface area contributed by atoms with Gasteiger partial charge in [-0.05, 0) is 35.9 Å². The second-order valence-corrected chi connectivity index (χ2v) is 4.91. The first kappa shape index (κ1) is 16.4. The summed E-state index contributed by atoms with van der Waals surface area (Å²) >= 11 is -0.402. The van der Waals surface area contributed by atoms with Crippen LogP contribution in [0.4, 0.5) is 18.9 Å². The fourth-order valence-corrected chi connectivity index (χ4v) is 1.72. The number of anilines is 1. The summed E-state index contributed by atoms with van der Waals surface area (Å²) in [6, 6.07) is 6.28. The van der Waals surface area contributed by atoms with Gasteiger partial charge >= 0.3 is 11.5 Å². The van der Waals surface area contributed by atoms with Gasteiger partial charge < -0.3 is 10.4 Å². The van der Waals surface area contributed by atoms with Crippen LogP contribution in [-0.4, -0.2) is 28.2 Å². The molecule has 0 aliphatic rings. The Morgan fingerprint density at radius 3 is 2.30 bits per heavy atom. The van der Waals surface area contributed by atoms with Crippen LogP contribution in [0.3, 0.4) is 0 Å². The number of rotatable bonds is 6. The van der Waals surface area contributed by atoms with Crippen LogP contribution in [0.25, 0.3) is 0 Å². The number of aryl methyl sites for hydroxylation is 1. The first-order valence-corrected chi connectivity index (χ1v) is 6.56. The van der Waals surface area contributed by atoms with Gasteiger partial charge in [0.15, 0.2) is 0 Å². The minimum Gasteiger partial charge on any atom is -0.481 e. The lowest BCUT2D eigenvalue weighted by molar-refractivity contribution is -0.137. The summed E-state index contributed by atoms with van der Waals surface area (Å²) in [6.45, 7) is 0. The first-order valence-electron chi connectivity index (χ1n) is 5.57. The van der Waals surface area contributed by atoms with E-state index >= 15 is 0 Å². The molecule has 0 fully saturated rings. The van der Waals surface area contributed by atoms with Crippen molar-refractivity contribution in [1.82, 2.24) is 0 Å². The number of hydrogen-bond acceptors (Lipinski definition) is 3. The molecule has 4 nitrogen and oxygen atoms in total. The van der Waals surface area contributed by atoms with Crippen molar-refractivity contribution >= 4 is 29.3 Å². The Morgan fingerprint density at radius 2 is 1.80 bits per heavy atom. The number of hydrogen-bond donors (Lipinski definition) is 2. The molecular weight excluding hydrogens is 295 g/mol. The molecule has 110 valence electrons. The second kappa shape index (κ2) is 7.18. The molecule has 0 saturated carbocycles. The zero-order chi connectivity index (χ0) is 15.2. The monoisotopic (exact) mass is 307 g/mol. The van der Waals surface area contributed by atoms with E-state index in [1.807, 2.05) is 0 Å². The Hall–Kier alpha value is -1.70. The van der Waals surface area contributed by atoms with Gasteiger partial charge in [-0.1, -0.05) is 12.1 Å². The SMILES string of the molecule is O=C(O)CCc1ccc(NC(=O)CSC(F)(F)F)cc1. The molecule has 0 unspecified atom stereocenters. The van der Waals surface area contributed by atoms with E-state index in [2.05, 4.69) is 5.32 Å². The zero-order valence-electron chi connectivity index (χ0n) is 10.2. The van der Waals surface area contributed by atoms with E-state index in [9.17, 15) is 22.8 Å². The number of carbonyl (C=O) groups excluding carboxylic acids is 1. The third-order valence-electron chi connectivity index (χ3n) is 2.23. The van der Waals surface area contributed by atoms with Crippen molar-refractivity contribution in [1.29, 1.82) is 0 Å². The topological polar surface area (TPSA) is 66.4 Å². The van der Waals surface area contributed by atoms with Crippen LogP contribution in [-0.2, 0) is 16.0 Å². The Kier molecular flexibility index (Phi) is 5.87. The van der Waals surface area contributed by atoms with Crippen molar-refractivity contribution in [3.63, 3.8) is 0 Å². The molecule has 0 saturated heterocycles. The average molecular weight is 307 g/mol. The molecule has 0 radical (unpaired) electrons. The Morgan fingerprint density at radius 1 is 1.20 bits per heavy atom. The van der Waals surface area contributed by atoms with Gasteiger partial charge in [-0.25, -0.2) is 0 Å². The highest BCUT2D eigenvalue weighted by Crippen LogP contribution is 2.29. The lowest BCUT2D eigenvalue weighted by Crippen LogP contribution is -2.17. The number of aliphatic carboxylic acids is 1. The number of carbonyl (C=O) groups is 2. The van der Waals surface area contributed by atoms with Crippen LogP contribution in [0.5, 0.6) is 0 Å². The predicted molar refractivity (Wildman–Crippen MR) is 69.5 cm³/mol. The van der Waals surface area contributed by atoms with Crippen LogP contribution < -0.4 is 5.32 Å². The van der Waals surface area contributed by atoms with Crippen molar-refractivity contribution in [3.05, 3.63) is 29.8 Å². The number of thioether (sulfide) groups is 1. The van der Waals surface area contributed by atoms with Crippen molar-refractivity contribution in [2.24, 2.45) is 0 Å². The zero-order valence-corrected chi connectivity index (χ0v) is 11.1. The summed E-state index contributed by atoms with van der Waals surface area (Å²) in [7, 11) is 0. The second-order valence-electron chi connectivity index (χ2n) is 3.87. The first-order chi connectivity index (χ1) is 9.26. The quantitative estimate of drug-likeness (QED) is 0.848. The van der Waals surface area contributed by atoms with Gasteiger partial charge in [0.2, 0.25) is 5.91 Å². The molecule has 0 aliphatic heterocycles. The molecule has 1 aromatic carbocycles. The van der Waals surface area contributed by atoms with E-state index in [1.165, 1.54) is 12.1 Å². The summed E-state index contributed by atoms with van der Waals surface area (Å²) in [5, 5.41) is 10.9. The van der Waals surface area contributed by atoms with E-state index in [0.29, 0.717) is 12.1 Å². The fraction of sp³-hybridized carbons (Fsp3) is 0.333. The predicted octanol–water partition coefficient (Wildman–Crippen LogP) is 2.90. The van der Waals surface area contributed by atoms with Crippen LogP contribution in [0.1, 0.15) is 12.0 Å². The highest BCUT2D eigenvalue weighted by Gasteiger charge is 2.29. The minimum atomic E-state index is -4.43. The van der Waals surface area contributed by atoms with Crippen molar-refractivity contribution in [2.75, 3.05) is 11.1 Å². The summed E-state index contributed by atoms with van der Waals surface area (Å²) in [5.74, 6) is -2.36. The number of nitrogens with one attached hydrogen (secondary N) is 1. The molecule has 0 atom stereocenters. The Bertz CT molecular complexity index is 474. The molecular formula is C12H12F3NO3S. The maximum atomic E-state index is 11.9. The van der Waals surface area contributed by atoms with Crippen LogP contribution in [0, 0.1) is 0 Å². The molecule has 0 aromatic heterocycles. The average Bonchev–Trinajstić information content (AvgIpc) is 2.35. The Balaban J connectivity index is 2.44. The lowest BCUT2D eigenvalue weighted by Gasteiger charge is -2.07. The minimum absolute atomic E-state index is 0.00602. The van der Waals surface area contributed by atoms with E-state index in [-0.39, 0.29) is 6.42 Å². The molecule has 1 aromatic rings. The van der Waals surface area contributed by atoms with E-state index < -0.39 is 34.9 Å². The van der Waals surface area contributed by atoms with Gasteiger partial charge in [0.1, 0.15) is 0 Å². The molecule has 0 aliphatic carbocycles. The number of halogens is 3. The van der Waals surface area contributed by atoms with Gasteiger partial charge in [0.25, 0.3) is 0 Å². The number of carboxylic acids is 1.